The second-order valence-corrected chi connectivity index (χ2v) is 6.53. The highest BCUT2D eigenvalue weighted by Crippen LogP contribution is 2.25. The van der Waals surface area contributed by atoms with Gasteiger partial charge < -0.3 is 4.74 Å². The minimum absolute atomic E-state index is 0.116. The van der Waals surface area contributed by atoms with Crippen LogP contribution in [0.5, 0.6) is 5.75 Å². The summed E-state index contributed by atoms with van der Waals surface area (Å²) in [6.45, 7) is 2.25. The van der Waals surface area contributed by atoms with Crippen molar-refractivity contribution in [1.29, 1.82) is 0 Å². The first-order valence-electron chi connectivity index (χ1n) is 9.49. The molecule has 0 aliphatic rings. The predicted molar refractivity (Wildman–Crippen MR) is 101 cm³/mol. The molecule has 0 heterocycles. The van der Waals surface area contributed by atoms with Crippen molar-refractivity contribution in [2.24, 2.45) is 0 Å². The van der Waals surface area contributed by atoms with Crippen LogP contribution in [0.25, 0.3) is 10.8 Å². The van der Waals surface area contributed by atoms with Gasteiger partial charge in [-0.25, -0.2) is 0 Å². The van der Waals surface area contributed by atoms with Crippen LogP contribution in [-0.4, -0.2) is 5.97 Å². The molecular formula is C22H30O2. The molecule has 0 aliphatic heterocycles. The molecule has 0 amide bonds. The van der Waals surface area contributed by atoms with Gasteiger partial charge in [0.2, 0.25) is 0 Å². The van der Waals surface area contributed by atoms with Gasteiger partial charge in [0.25, 0.3) is 0 Å². The van der Waals surface area contributed by atoms with E-state index in [0.717, 1.165) is 23.6 Å². The maximum Gasteiger partial charge on any atom is 0.311 e. The van der Waals surface area contributed by atoms with E-state index in [1.807, 2.05) is 42.5 Å². The molecule has 130 valence electrons. The molecule has 0 atom stereocenters. The third kappa shape index (κ3) is 6.35. The summed E-state index contributed by atoms with van der Waals surface area (Å²) in [4.78, 5) is 12.0. The molecular weight excluding hydrogens is 296 g/mol. The summed E-state index contributed by atoms with van der Waals surface area (Å²) < 4.78 is 5.56. The van der Waals surface area contributed by atoms with Crippen molar-refractivity contribution in [3.05, 3.63) is 42.5 Å². The van der Waals surface area contributed by atoms with Crippen molar-refractivity contribution in [1.82, 2.24) is 0 Å². The molecule has 2 aromatic rings. The van der Waals surface area contributed by atoms with Crippen LogP contribution >= 0.6 is 0 Å². The molecule has 0 aromatic heterocycles. The zero-order valence-electron chi connectivity index (χ0n) is 14.9. The Morgan fingerprint density at radius 1 is 0.792 bits per heavy atom. The molecule has 0 aliphatic carbocycles. The lowest BCUT2D eigenvalue weighted by Gasteiger charge is -2.07. The number of rotatable bonds is 11. The average molecular weight is 326 g/mol. The van der Waals surface area contributed by atoms with E-state index in [9.17, 15) is 4.79 Å². The largest absolute Gasteiger partial charge is 0.426 e. The maximum atomic E-state index is 12.0. The van der Waals surface area contributed by atoms with Gasteiger partial charge in [-0.2, -0.15) is 0 Å². The van der Waals surface area contributed by atoms with E-state index in [0.29, 0.717) is 12.2 Å². The Morgan fingerprint density at radius 3 is 2.17 bits per heavy atom. The summed E-state index contributed by atoms with van der Waals surface area (Å²) in [6.07, 6.45) is 11.8. The lowest BCUT2D eigenvalue weighted by molar-refractivity contribution is -0.134. The van der Waals surface area contributed by atoms with Gasteiger partial charge >= 0.3 is 5.97 Å². The zero-order chi connectivity index (χ0) is 17.0. The van der Waals surface area contributed by atoms with E-state index < -0.39 is 0 Å². The average Bonchev–Trinajstić information content (AvgIpc) is 2.61. The van der Waals surface area contributed by atoms with E-state index in [1.54, 1.807) is 0 Å². The standard InChI is InChI=1S/C22H30O2/c1-2-3-4-5-6-7-8-9-10-18-22(23)24-21-17-13-15-19-14-11-12-16-20(19)21/h11-17H,2-10,18H2,1H3. The van der Waals surface area contributed by atoms with Crippen LogP contribution in [0.1, 0.15) is 71.1 Å². The Bertz CT molecular complexity index is 613. The Morgan fingerprint density at radius 2 is 1.42 bits per heavy atom. The lowest BCUT2D eigenvalue weighted by atomic mass is 10.1. The summed E-state index contributed by atoms with van der Waals surface area (Å²) in [5, 5.41) is 2.10. The number of esters is 1. The monoisotopic (exact) mass is 326 g/mol. The minimum atomic E-state index is -0.116. The predicted octanol–water partition coefficient (Wildman–Crippen LogP) is 6.67. The number of benzene rings is 2. The first-order chi connectivity index (χ1) is 11.8. The van der Waals surface area contributed by atoms with Crippen LogP contribution in [0.3, 0.4) is 0 Å². The fourth-order valence-electron chi connectivity index (χ4n) is 3.04. The van der Waals surface area contributed by atoms with Gasteiger partial charge in [0.1, 0.15) is 5.75 Å². The molecule has 24 heavy (non-hydrogen) atoms. The molecule has 2 nitrogen and oxygen atoms in total. The number of fused-ring (bicyclic) bond motifs is 1. The molecule has 2 aromatic carbocycles. The fourth-order valence-corrected chi connectivity index (χ4v) is 3.04. The van der Waals surface area contributed by atoms with Crippen LogP contribution in [0.15, 0.2) is 42.5 Å². The molecule has 0 saturated carbocycles. The SMILES string of the molecule is CCCCCCCCCCCC(=O)Oc1cccc2ccccc12. The summed E-state index contributed by atoms with van der Waals surface area (Å²) in [7, 11) is 0. The van der Waals surface area contributed by atoms with E-state index in [-0.39, 0.29) is 5.97 Å². The van der Waals surface area contributed by atoms with Crippen LogP contribution in [0.2, 0.25) is 0 Å². The smallest absolute Gasteiger partial charge is 0.311 e. The first-order valence-corrected chi connectivity index (χ1v) is 9.49. The van der Waals surface area contributed by atoms with Crippen molar-refractivity contribution < 1.29 is 9.53 Å². The second kappa shape index (κ2) is 10.9. The molecule has 0 spiro atoms. The first kappa shape index (κ1) is 18.5. The molecule has 2 rings (SSSR count). The van der Waals surface area contributed by atoms with Gasteiger partial charge in [0, 0.05) is 11.8 Å². The highest BCUT2D eigenvalue weighted by molar-refractivity contribution is 5.90. The van der Waals surface area contributed by atoms with Crippen molar-refractivity contribution in [2.75, 3.05) is 0 Å². The van der Waals surface area contributed by atoms with Gasteiger partial charge in [-0.05, 0) is 17.9 Å². The summed E-state index contributed by atoms with van der Waals surface area (Å²) in [5.41, 5.74) is 0. The number of unbranched alkanes of at least 4 members (excludes halogenated alkanes) is 8. The third-order valence-corrected chi connectivity index (χ3v) is 4.46. The Kier molecular flexibility index (Phi) is 8.37. The summed E-state index contributed by atoms with van der Waals surface area (Å²) in [6, 6.07) is 13.8. The van der Waals surface area contributed by atoms with E-state index in [2.05, 4.69) is 6.92 Å². The number of carbonyl (C=O) groups is 1. The normalized spacial score (nSPS) is 10.9. The van der Waals surface area contributed by atoms with E-state index in [4.69, 9.17) is 4.74 Å². The van der Waals surface area contributed by atoms with Crippen LogP contribution < -0.4 is 4.74 Å². The molecule has 0 bridgehead atoms. The van der Waals surface area contributed by atoms with Gasteiger partial charge in [-0.3, -0.25) is 4.79 Å². The van der Waals surface area contributed by atoms with Gasteiger partial charge in [-0.1, -0.05) is 94.7 Å². The molecule has 0 saturated heterocycles. The maximum absolute atomic E-state index is 12.0. The van der Waals surface area contributed by atoms with Crippen molar-refractivity contribution in [3.63, 3.8) is 0 Å². The molecule has 0 unspecified atom stereocenters. The Balaban J connectivity index is 1.63. The van der Waals surface area contributed by atoms with Crippen LogP contribution in [0, 0.1) is 0 Å². The molecule has 0 fully saturated rings. The number of carbonyl (C=O) groups excluding carboxylic acids is 1. The van der Waals surface area contributed by atoms with Gasteiger partial charge in [-0.15, -0.1) is 0 Å². The molecule has 0 radical (unpaired) electrons. The summed E-state index contributed by atoms with van der Waals surface area (Å²) in [5.74, 6) is 0.559. The van der Waals surface area contributed by atoms with Crippen LogP contribution in [-0.2, 0) is 4.79 Å². The molecule has 2 heteroatoms. The Labute approximate surface area is 146 Å². The van der Waals surface area contributed by atoms with E-state index in [1.165, 1.54) is 44.9 Å². The third-order valence-electron chi connectivity index (χ3n) is 4.46. The molecule has 0 N–H and O–H groups in total. The quantitative estimate of drug-likeness (QED) is 0.262. The number of hydrogen-bond donors (Lipinski definition) is 0. The van der Waals surface area contributed by atoms with Crippen molar-refractivity contribution in [2.45, 2.75) is 71.1 Å². The number of hydrogen-bond acceptors (Lipinski definition) is 2. The highest BCUT2D eigenvalue weighted by Gasteiger charge is 2.07. The fraction of sp³-hybridized carbons (Fsp3) is 0.500. The van der Waals surface area contributed by atoms with Gasteiger partial charge in [0.15, 0.2) is 0 Å². The minimum Gasteiger partial charge on any atom is -0.426 e. The zero-order valence-corrected chi connectivity index (χ0v) is 14.9. The Hall–Kier alpha value is -1.83. The highest BCUT2D eigenvalue weighted by atomic mass is 16.5. The topological polar surface area (TPSA) is 26.3 Å². The second-order valence-electron chi connectivity index (χ2n) is 6.53. The van der Waals surface area contributed by atoms with Gasteiger partial charge in [0.05, 0.1) is 0 Å². The van der Waals surface area contributed by atoms with Crippen molar-refractivity contribution >= 4 is 16.7 Å². The van der Waals surface area contributed by atoms with Crippen LogP contribution in [0.4, 0.5) is 0 Å². The lowest BCUT2D eigenvalue weighted by Crippen LogP contribution is -2.07. The van der Waals surface area contributed by atoms with E-state index >= 15 is 0 Å². The number of ether oxygens (including phenoxy) is 1. The summed E-state index contributed by atoms with van der Waals surface area (Å²) >= 11 is 0. The van der Waals surface area contributed by atoms with Crippen molar-refractivity contribution in [3.8, 4) is 5.75 Å².